The predicted octanol–water partition coefficient (Wildman–Crippen LogP) is 6.18. The number of benzene rings is 3. The van der Waals surface area contributed by atoms with E-state index in [0.717, 1.165) is 24.1 Å². The maximum atomic E-state index is 13.9. The van der Waals surface area contributed by atoms with Crippen molar-refractivity contribution in [3.05, 3.63) is 82.9 Å². The van der Waals surface area contributed by atoms with Crippen molar-refractivity contribution in [2.24, 2.45) is 0 Å². The molecule has 0 saturated carbocycles. The van der Waals surface area contributed by atoms with Gasteiger partial charge in [-0.2, -0.15) is 0 Å². The number of phenolic OH excluding ortho intramolecular Hbond substituents is 2. The molecule has 1 atom stereocenters. The van der Waals surface area contributed by atoms with Crippen molar-refractivity contribution in [2.45, 2.75) is 45.6 Å². The lowest BCUT2D eigenvalue weighted by Crippen LogP contribution is -2.35. The van der Waals surface area contributed by atoms with E-state index >= 15 is 0 Å². The number of hydrogen-bond donors (Lipinski definition) is 3. The number of nitrogens with zero attached hydrogens (tertiary/aromatic N) is 1. The SMILES string of the molecule is Cc1cc(O)ccc1-c1noc(-c2ccc(O)cc2C)c1C(=O)c1ccc(OCCC2CCCCN2)cc1. The van der Waals surface area contributed by atoms with Crippen molar-refractivity contribution in [2.75, 3.05) is 13.2 Å². The van der Waals surface area contributed by atoms with Crippen LogP contribution >= 0.6 is 0 Å². The number of rotatable bonds is 8. The molecule has 1 unspecified atom stereocenters. The molecule has 4 aromatic rings. The van der Waals surface area contributed by atoms with Crippen LogP contribution in [0.1, 0.15) is 52.7 Å². The summed E-state index contributed by atoms with van der Waals surface area (Å²) in [5.74, 6) is 1.06. The van der Waals surface area contributed by atoms with E-state index in [1.807, 2.05) is 26.0 Å². The number of aryl methyl sites for hydroxylation is 2. The van der Waals surface area contributed by atoms with Gasteiger partial charge in [0.15, 0.2) is 11.5 Å². The zero-order valence-corrected chi connectivity index (χ0v) is 21.7. The first-order valence-electron chi connectivity index (χ1n) is 13.0. The van der Waals surface area contributed by atoms with Gasteiger partial charge in [0, 0.05) is 22.7 Å². The van der Waals surface area contributed by atoms with Crippen molar-refractivity contribution in [1.29, 1.82) is 0 Å². The van der Waals surface area contributed by atoms with Crippen LogP contribution in [0.15, 0.2) is 65.2 Å². The van der Waals surface area contributed by atoms with Crippen molar-refractivity contribution in [3.8, 4) is 39.8 Å². The van der Waals surface area contributed by atoms with E-state index in [9.17, 15) is 15.0 Å². The molecule has 5 rings (SSSR count). The monoisotopic (exact) mass is 512 g/mol. The summed E-state index contributed by atoms with van der Waals surface area (Å²) in [7, 11) is 0. The van der Waals surface area contributed by atoms with E-state index in [0.29, 0.717) is 52.1 Å². The standard InChI is InChI=1S/C31H32N2O5/c1-19-17-23(34)8-12-26(19)29-28(31(38-33-29)27-13-9-24(35)18-20(27)2)30(36)21-6-10-25(11-7-21)37-16-14-22-5-3-4-15-32-22/h6-13,17-18,22,32,34-35H,3-5,14-16H2,1-2H3. The van der Waals surface area contributed by atoms with E-state index in [1.165, 1.54) is 19.3 Å². The Hall–Kier alpha value is -4.10. The number of ketones is 1. The summed E-state index contributed by atoms with van der Waals surface area (Å²) in [6.07, 6.45) is 4.63. The molecule has 0 amide bonds. The first-order chi connectivity index (χ1) is 18.4. The number of nitrogens with one attached hydrogen (secondary N) is 1. The molecule has 3 N–H and O–H groups in total. The highest BCUT2D eigenvalue weighted by Crippen LogP contribution is 2.38. The van der Waals surface area contributed by atoms with Crippen LogP contribution in [0, 0.1) is 13.8 Å². The molecule has 2 heterocycles. The van der Waals surface area contributed by atoms with Gasteiger partial charge in [0.2, 0.25) is 0 Å². The Kier molecular flexibility index (Phi) is 7.47. The van der Waals surface area contributed by atoms with Crippen LogP contribution in [0.5, 0.6) is 17.2 Å². The highest BCUT2D eigenvalue weighted by molar-refractivity contribution is 6.15. The molecule has 1 aliphatic heterocycles. The third kappa shape index (κ3) is 5.43. The van der Waals surface area contributed by atoms with Gasteiger partial charge in [-0.1, -0.05) is 11.6 Å². The van der Waals surface area contributed by atoms with Gasteiger partial charge in [0.05, 0.1) is 12.2 Å². The third-order valence-corrected chi connectivity index (χ3v) is 7.10. The number of aromatic hydroxyl groups is 2. The fourth-order valence-electron chi connectivity index (χ4n) is 5.02. The Bertz CT molecular complexity index is 1370. The molecule has 1 aliphatic rings. The maximum absolute atomic E-state index is 13.9. The molecule has 1 saturated heterocycles. The molecule has 1 aromatic heterocycles. The largest absolute Gasteiger partial charge is 0.508 e. The molecule has 3 aromatic carbocycles. The Morgan fingerprint density at radius 3 is 2.29 bits per heavy atom. The Morgan fingerprint density at radius 1 is 0.974 bits per heavy atom. The summed E-state index contributed by atoms with van der Waals surface area (Å²) in [5, 5.41) is 27.6. The minimum absolute atomic E-state index is 0.128. The molecule has 0 radical (unpaired) electrons. The van der Waals surface area contributed by atoms with E-state index in [2.05, 4.69) is 10.5 Å². The quantitative estimate of drug-likeness (QED) is 0.242. The second-order valence-electron chi connectivity index (χ2n) is 9.87. The Morgan fingerprint density at radius 2 is 1.66 bits per heavy atom. The fourth-order valence-corrected chi connectivity index (χ4v) is 5.02. The Labute approximate surface area is 222 Å². The average molecular weight is 513 g/mol. The second kappa shape index (κ2) is 11.1. The number of aromatic nitrogens is 1. The molecule has 38 heavy (non-hydrogen) atoms. The van der Waals surface area contributed by atoms with Crippen molar-refractivity contribution >= 4 is 5.78 Å². The molecule has 7 heteroatoms. The highest BCUT2D eigenvalue weighted by atomic mass is 16.5. The van der Waals surface area contributed by atoms with Gasteiger partial charge < -0.3 is 24.8 Å². The minimum Gasteiger partial charge on any atom is -0.508 e. The second-order valence-corrected chi connectivity index (χ2v) is 9.87. The lowest BCUT2D eigenvalue weighted by atomic mass is 9.92. The molecule has 196 valence electrons. The predicted molar refractivity (Wildman–Crippen MR) is 146 cm³/mol. The molecule has 0 spiro atoms. The number of phenols is 2. The topological polar surface area (TPSA) is 105 Å². The fraction of sp³-hybridized carbons (Fsp3) is 0.290. The van der Waals surface area contributed by atoms with Crippen molar-refractivity contribution in [3.63, 3.8) is 0 Å². The van der Waals surface area contributed by atoms with Gasteiger partial charge >= 0.3 is 0 Å². The zero-order valence-electron chi connectivity index (χ0n) is 21.7. The number of ether oxygens (including phenoxy) is 1. The molecular formula is C31H32N2O5. The molecule has 7 nitrogen and oxygen atoms in total. The van der Waals surface area contributed by atoms with Crippen molar-refractivity contribution in [1.82, 2.24) is 10.5 Å². The number of piperidine rings is 1. The van der Waals surface area contributed by atoms with Crippen LogP contribution in [-0.4, -0.2) is 40.3 Å². The van der Waals surface area contributed by atoms with Crippen LogP contribution in [0.25, 0.3) is 22.6 Å². The van der Waals surface area contributed by atoms with E-state index in [4.69, 9.17) is 9.26 Å². The van der Waals surface area contributed by atoms with Gasteiger partial charge in [0.1, 0.15) is 22.9 Å². The first kappa shape index (κ1) is 25.5. The van der Waals surface area contributed by atoms with E-state index < -0.39 is 0 Å². The lowest BCUT2D eigenvalue weighted by molar-refractivity contribution is 0.103. The lowest BCUT2D eigenvalue weighted by Gasteiger charge is -2.23. The molecule has 0 bridgehead atoms. The van der Waals surface area contributed by atoms with Crippen LogP contribution in [0.2, 0.25) is 0 Å². The summed E-state index contributed by atoms with van der Waals surface area (Å²) in [5.41, 5.74) is 4.06. The van der Waals surface area contributed by atoms with Crippen LogP contribution in [-0.2, 0) is 0 Å². The van der Waals surface area contributed by atoms with Gasteiger partial charge in [-0.25, -0.2) is 0 Å². The molecular weight excluding hydrogens is 480 g/mol. The maximum Gasteiger partial charge on any atom is 0.199 e. The minimum atomic E-state index is -0.242. The van der Waals surface area contributed by atoms with Crippen LogP contribution in [0.3, 0.4) is 0 Å². The van der Waals surface area contributed by atoms with E-state index in [-0.39, 0.29) is 17.3 Å². The third-order valence-electron chi connectivity index (χ3n) is 7.10. The van der Waals surface area contributed by atoms with Gasteiger partial charge in [0.25, 0.3) is 0 Å². The number of carbonyl (C=O) groups excluding carboxylic acids is 1. The normalized spacial score (nSPS) is 15.4. The molecule has 1 fully saturated rings. The summed E-state index contributed by atoms with van der Waals surface area (Å²) < 4.78 is 11.7. The summed E-state index contributed by atoms with van der Waals surface area (Å²) in [6, 6.07) is 17.4. The number of hydrogen-bond acceptors (Lipinski definition) is 7. The smallest absolute Gasteiger partial charge is 0.199 e. The summed E-state index contributed by atoms with van der Waals surface area (Å²) in [6.45, 7) is 5.37. The zero-order chi connectivity index (χ0) is 26.6. The van der Waals surface area contributed by atoms with Gasteiger partial charge in [-0.05, 0) is 111 Å². The summed E-state index contributed by atoms with van der Waals surface area (Å²) >= 11 is 0. The van der Waals surface area contributed by atoms with Gasteiger partial charge in [-0.15, -0.1) is 0 Å². The van der Waals surface area contributed by atoms with Crippen LogP contribution < -0.4 is 10.1 Å². The average Bonchev–Trinajstić information content (AvgIpc) is 3.34. The number of carbonyl (C=O) groups is 1. The first-order valence-corrected chi connectivity index (χ1v) is 13.0. The Balaban J connectivity index is 1.45. The van der Waals surface area contributed by atoms with E-state index in [1.54, 1.807) is 48.5 Å². The summed E-state index contributed by atoms with van der Waals surface area (Å²) in [4.78, 5) is 13.9. The van der Waals surface area contributed by atoms with Crippen LogP contribution in [0.4, 0.5) is 0 Å². The van der Waals surface area contributed by atoms with Gasteiger partial charge in [-0.3, -0.25) is 4.79 Å². The van der Waals surface area contributed by atoms with Crippen molar-refractivity contribution < 1.29 is 24.3 Å². The molecule has 0 aliphatic carbocycles. The highest BCUT2D eigenvalue weighted by Gasteiger charge is 2.28.